The molecule has 0 saturated heterocycles. The molecule has 0 aliphatic rings. The van der Waals surface area contributed by atoms with Crippen molar-refractivity contribution in [3.05, 3.63) is 76.7 Å². The van der Waals surface area contributed by atoms with Crippen LogP contribution in [0.3, 0.4) is 0 Å². The minimum Gasteiger partial charge on any atom is -0.463 e. The Hall–Kier alpha value is -4.47. The highest BCUT2D eigenvalue weighted by atomic mass is 16.3. The molecule has 0 bridgehead atoms. The summed E-state index contributed by atoms with van der Waals surface area (Å²) < 4.78 is 9.90. The molecule has 4 heterocycles. The predicted octanol–water partition coefficient (Wildman–Crippen LogP) is 2.83. The van der Waals surface area contributed by atoms with Crippen molar-refractivity contribution < 1.29 is 9.21 Å². The zero-order chi connectivity index (χ0) is 23.1. The number of benzene rings is 1. The molecule has 0 radical (unpaired) electrons. The number of carbonyl (C=O) groups excluding carboxylic acids is 1. The van der Waals surface area contributed by atoms with Crippen LogP contribution in [0.15, 0.2) is 64.4 Å². The molecule has 4 aromatic heterocycles. The SMILES string of the molecule is Cc1cc(C)cc(-n2nc(-c3ccco3)cc2NC(=O)Cn2cnc3c(cnn3C)c2=O)c1. The lowest BCUT2D eigenvalue weighted by Gasteiger charge is -2.11. The second-order valence-electron chi connectivity index (χ2n) is 7.88. The first-order valence-corrected chi connectivity index (χ1v) is 10.3. The number of carbonyl (C=O) groups is 1. The third kappa shape index (κ3) is 3.82. The van der Waals surface area contributed by atoms with E-state index in [1.54, 1.807) is 36.2 Å². The van der Waals surface area contributed by atoms with Crippen LogP contribution in [0.25, 0.3) is 28.2 Å². The van der Waals surface area contributed by atoms with Crippen LogP contribution >= 0.6 is 0 Å². The monoisotopic (exact) mass is 443 g/mol. The first-order chi connectivity index (χ1) is 15.9. The molecule has 5 rings (SSSR count). The van der Waals surface area contributed by atoms with Crippen molar-refractivity contribution >= 4 is 22.8 Å². The van der Waals surface area contributed by atoms with Gasteiger partial charge < -0.3 is 9.73 Å². The lowest BCUT2D eigenvalue weighted by atomic mass is 10.1. The molecule has 1 aromatic carbocycles. The van der Waals surface area contributed by atoms with E-state index in [9.17, 15) is 9.59 Å². The van der Waals surface area contributed by atoms with Gasteiger partial charge in [0.05, 0.1) is 18.1 Å². The first kappa shape index (κ1) is 20.4. The van der Waals surface area contributed by atoms with E-state index >= 15 is 0 Å². The Bertz CT molecular complexity index is 1520. The molecule has 166 valence electrons. The van der Waals surface area contributed by atoms with Gasteiger partial charge in [0, 0.05) is 13.1 Å². The van der Waals surface area contributed by atoms with Crippen molar-refractivity contribution in [3.63, 3.8) is 0 Å². The zero-order valence-electron chi connectivity index (χ0n) is 18.3. The molecule has 10 nitrogen and oxygen atoms in total. The second-order valence-corrected chi connectivity index (χ2v) is 7.88. The summed E-state index contributed by atoms with van der Waals surface area (Å²) >= 11 is 0. The summed E-state index contributed by atoms with van der Waals surface area (Å²) in [7, 11) is 1.70. The second kappa shape index (κ2) is 7.90. The number of hydrogen-bond acceptors (Lipinski definition) is 6. The highest BCUT2D eigenvalue weighted by Crippen LogP contribution is 2.26. The van der Waals surface area contributed by atoms with E-state index in [0.717, 1.165) is 16.8 Å². The molecule has 0 atom stereocenters. The summed E-state index contributed by atoms with van der Waals surface area (Å²) in [6.07, 6.45) is 4.36. The maximum atomic E-state index is 12.9. The van der Waals surface area contributed by atoms with Crippen LogP contribution in [0, 0.1) is 13.8 Å². The van der Waals surface area contributed by atoms with E-state index in [1.807, 2.05) is 26.0 Å². The Kier molecular flexibility index (Phi) is 4.89. The van der Waals surface area contributed by atoms with E-state index in [4.69, 9.17) is 4.42 Å². The predicted molar refractivity (Wildman–Crippen MR) is 122 cm³/mol. The van der Waals surface area contributed by atoms with Gasteiger partial charge in [-0.15, -0.1) is 0 Å². The molecule has 10 heteroatoms. The van der Waals surface area contributed by atoms with Gasteiger partial charge in [-0.25, -0.2) is 9.67 Å². The highest BCUT2D eigenvalue weighted by molar-refractivity contribution is 5.90. The molecular weight excluding hydrogens is 422 g/mol. The standard InChI is InChI=1S/C23H21N7O3/c1-14-7-15(2)9-16(8-14)30-20(10-18(27-30)19-5-4-6-33-19)26-21(31)12-29-13-24-22-17(23(29)32)11-25-28(22)3/h4-11,13H,12H2,1-3H3,(H,26,31). The van der Waals surface area contributed by atoms with Crippen molar-refractivity contribution in [2.45, 2.75) is 20.4 Å². The van der Waals surface area contributed by atoms with Gasteiger partial charge in [0.2, 0.25) is 5.91 Å². The lowest BCUT2D eigenvalue weighted by Crippen LogP contribution is -2.28. The van der Waals surface area contributed by atoms with Gasteiger partial charge in [-0.05, 0) is 49.2 Å². The maximum absolute atomic E-state index is 12.9. The zero-order valence-corrected chi connectivity index (χ0v) is 18.3. The number of rotatable bonds is 5. The highest BCUT2D eigenvalue weighted by Gasteiger charge is 2.17. The van der Waals surface area contributed by atoms with Gasteiger partial charge in [-0.2, -0.15) is 10.2 Å². The molecule has 33 heavy (non-hydrogen) atoms. The fraction of sp³-hybridized carbons (Fsp3) is 0.174. The van der Waals surface area contributed by atoms with Crippen LogP contribution < -0.4 is 10.9 Å². The number of amides is 1. The van der Waals surface area contributed by atoms with Crippen molar-refractivity contribution in [2.24, 2.45) is 7.05 Å². The van der Waals surface area contributed by atoms with E-state index in [2.05, 4.69) is 26.6 Å². The number of anilines is 1. The summed E-state index contributed by atoms with van der Waals surface area (Å²) in [6, 6.07) is 11.3. The molecule has 1 amide bonds. The van der Waals surface area contributed by atoms with Crippen molar-refractivity contribution in [2.75, 3.05) is 5.32 Å². The lowest BCUT2D eigenvalue weighted by molar-refractivity contribution is -0.116. The van der Waals surface area contributed by atoms with Gasteiger partial charge in [-0.1, -0.05) is 6.07 Å². The summed E-state index contributed by atoms with van der Waals surface area (Å²) in [4.78, 5) is 29.9. The molecule has 0 saturated carbocycles. The summed E-state index contributed by atoms with van der Waals surface area (Å²) in [5.41, 5.74) is 3.65. The van der Waals surface area contributed by atoms with Gasteiger partial charge in [0.1, 0.15) is 29.8 Å². The molecule has 0 unspecified atom stereocenters. The summed E-state index contributed by atoms with van der Waals surface area (Å²) in [5, 5.41) is 11.9. The topological polar surface area (TPSA) is 113 Å². The van der Waals surface area contributed by atoms with Gasteiger partial charge in [-0.3, -0.25) is 18.8 Å². The van der Waals surface area contributed by atoms with E-state index in [1.165, 1.54) is 21.8 Å². The molecular formula is C23H21N7O3. The third-order valence-corrected chi connectivity index (χ3v) is 5.23. The van der Waals surface area contributed by atoms with E-state index in [-0.39, 0.29) is 12.1 Å². The average Bonchev–Trinajstić information content (AvgIpc) is 3.50. The molecule has 0 fully saturated rings. The van der Waals surface area contributed by atoms with Crippen LogP contribution in [0.4, 0.5) is 5.82 Å². The largest absolute Gasteiger partial charge is 0.463 e. The van der Waals surface area contributed by atoms with Crippen LogP contribution in [0.2, 0.25) is 0 Å². The Morgan fingerprint density at radius 3 is 2.67 bits per heavy atom. The number of nitrogens with one attached hydrogen (secondary N) is 1. The number of aromatic nitrogens is 6. The summed E-state index contributed by atoms with van der Waals surface area (Å²) in [6.45, 7) is 3.80. The maximum Gasteiger partial charge on any atom is 0.264 e. The molecule has 0 aliphatic heterocycles. The Morgan fingerprint density at radius 2 is 1.94 bits per heavy atom. The van der Waals surface area contributed by atoms with Gasteiger partial charge in [0.15, 0.2) is 11.4 Å². The first-order valence-electron chi connectivity index (χ1n) is 10.3. The number of fused-ring (bicyclic) bond motifs is 1. The number of aryl methyl sites for hydroxylation is 3. The Labute approximate surface area is 188 Å². The summed E-state index contributed by atoms with van der Waals surface area (Å²) in [5.74, 6) is 0.648. The quantitative estimate of drug-likeness (QED) is 0.447. The fourth-order valence-electron chi connectivity index (χ4n) is 3.80. The van der Waals surface area contributed by atoms with Crippen LogP contribution in [-0.4, -0.2) is 35.0 Å². The van der Waals surface area contributed by atoms with Crippen LogP contribution in [0.1, 0.15) is 11.1 Å². The minimum absolute atomic E-state index is 0.204. The van der Waals surface area contributed by atoms with Gasteiger partial charge >= 0.3 is 0 Å². The van der Waals surface area contributed by atoms with E-state index in [0.29, 0.717) is 28.3 Å². The molecule has 0 aliphatic carbocycles. The van der Waals surface area contributed by atoms with Crippen LogP contribution in [-0.2, 0) is 18.4 Å². The van der Waals surface area contributed by atoms with E-state index < -0.39 is 5.91 Å². The van der Waals surface area contributed by atoms with Crippen molar-refractivity contribution in [1.29, 1.82) is 0 Å². The minimum atomic E-state index is -0.390. The fourth-order valence-corrected chi connectivity index (χ4v) is 3.80. The van der Waals surface area contributed by atoms with Crippen molar-refractivity contribution in [3.8, 4) is 17.1 Å². The number of hydrogen-bond donors (Lipinski definition) is 1. The third-order valence-electron chi connectivity index (χ3n) is 5.23. The normalized spacial score (nSPS) is 11.2. The number of furan rings is 1. The Morgan fingerprint density at radius 1 is 1.15 bits per heavy atom. The number of nitrogens with zero attached hydrogens (tertiary/aromatic N) is 6. The Balaban J connectivity index is 1.49. The smallest absolute Gasteiger partial charge is 0.264 e. The molecule has 1 N–H and O–H groups in total. The van der Waals surface area contributed by atoms with Crippen LogP contribution in [0.5, 0.6) is 0 Å². The molecule has 0 spiro atoms. The molecule has 5 aromatic rings. The van der Waals surface area contributed by atoms with Gasteiger partial charge in [0.25, 0.3) is 5.56 Å². The van der Waals surface area contributed by atoms with Crippen molar-refractivity contribution in [1.82, 2.24) is 29.1 Å². The average molecular weight is 443 g/mol.